The fraction of sp³-hybridized carbons (Fsp3) is 0.500. The smallest absolute Gasteiger partial charge is 0.328 e. The monoisotopic (exact) mass is 385 g/mol. The Hall–Kier alpha value is -2.09. The molecular weight excluding hydrogens is 361 g/mol. The molecule has 0 saturated heterocycles. The Balaban J connectivity index is 2.30. The van der Waals surface area contributed by atoms with Gasteiger partial charge in [-0.2, -0.15) is 0 Å². The highest BCUT2D eigenvalue weighted by molar-refractivity contribution is 7.99. The number of halogens is 1. The van der Waals surface area contributed by atoms with E-state index < -0.39 is 30.5 Å². The van der Waals surface area contributed by atoms with Gasteiger partial charge in [0.05, 0.1) is 13.5 Å². The maximum atomic E-state index is 12.8. The van der Waals surface area contributed by atoms with Gasteiger partial charge in [-0.1, -0.05) is 13.8 Å². The van der Waals surface area contributed by atoms with Gasteiger partial charge in [0.25, 0.3) is 5.91 Å². The lowest BCUT2D eigenvalue weighted by Crippen LogP contribution is -2.44. The number of esters is 2. The molecule has 1 aromatic carbocycles. The standard InChI is InChI=1S/C18H24FNO5S/c1-12(2)10-15(18(23)24-3)20-16(21)11-25-17(22)8-9-26-14-6-4-13(19)5-7-14/h4-7,12,15H,8-11H2,1-3H3,(H,20,21)/t15-/m1/s1. The summed E-state index contributed by atoms with van der Waals surface area (Å²) in [5, 5.41) is 2.51. The highest BCUT2D eigenvalue weighted by Gasteiger charge is 2.23. The number of hydrogen-bond donors (Lipinski definition) is 1. The molecule has 1 amide bonds. The molecule has 0 unspecified atom stereocenters. The molecule has 0 saturated carbocycles. The number of thioether (sulfide) groups is 1. The largest absolute Gasteiger partial charge is 0.467 e. The third-order valence-corrected chi connectivity index (χ3v) is 4.29. The van der Waals surface area contributed by atoms with Crippen LogP contribution in [0.15, 0.2) is 29.2 Å². The van der Waals surface area contributed by atoms with Gasteiger partial charge in [-0.3, -0.25) is 9.59 Å². The van der Waals surface area contributed by atoms with Gasteiger partial charge in [0.2, 0.25) is 0 Å². The van der Waals surface area contributed by atoms with Gasteiger partial charge in [-0.15, -0.1) is 11.8 Å². The first kappa shape index (κ1) is 22.0. The van der Waals surface area contributed by atoms with Gasteiger partial charge in [0, 0.05) is 10.6 Å². The maximum absolute atomic E-state index is 12.8. The van der Waals surface area contributed by atoms with Crippen LogP contribution in [0.2, 0.25) is 0 Å². The van der Waals surface area contributed by atoms with Crippen molar-refractivity contribution in [3.05, 3.63) is 30.1 Å². The van der Waals surface area contributed by atoms with Crippen molar-refractivity contribution in [2.45, 2.75) is 37.6 Å². The molecule has 6 nitrogen and oxygen atoms in total. The topological polar surface area (TPSA) is 81.7 Å². The first-order chi connectivity index (χ1) is 12.3. The van der Waals surface area contributed by atoms with Gasteiger partial charge >= 0.3 is 11.9 Å². The Labute approximate surface area is 156 Å². The van der Waals surface area contributed by atoms with Crippen LogP contribution in [0.25, 0.3) is 0 Å². The lowest BCUT2D eigenvalue weighted by atomic mass is 10.0. The van der Waals surface area contributed by atoms with E-state index in [1.807, 2.05) is 13.8 Å². The van der Waals surface area contributed by atoms with Crippen LogP contribution in [0.1, 0.15) is 26.7 Å². The molecule has 8 heteroatoms. The molecule has 1 N–H and O–H groups in total. The Morgan fingerprint density at radius 1 is 1.19 bits per heavy atom. The van der Waals surface area contributed by atoms with Crippen molar-refractivity contribution < 1.29 is 28.2 Å². The third-order valence-electron chi connectivity index (χ3n) is 3.28. The predicted octanol–water partition coefficient (Wildman–Crippen LogP) is 2.56. The van der Waals surface area contributed by atoms with Crippen LogP contribution in [0.3, 0.4) is 0 Å². The summed E-state index contributed by atoms with van der Waals surface area (Å²) in [6, 6.07) is 5.18. The molecule has 0 aliphatic rings. The number of nitrogens with one attached hydrogen (secondary N) is 1. The summed E-state index contributed by atoms with van der Waals surface area (Å²) >= 11 is 1.39. The number of hydrogen-bond acceptors (Lipinski definition) is 6. The van der Waals surface area contributed by atoms with Gasteiger partial charge in [-0.25, -0.2) is 9.18 Å². The van der Waals surface area contributed by atoms with Gasteiger partial charge in [-0.05, 0) is 36.6 Å². The Morgan fingerprint density at radius 2 is 1.85 bits per heavy atom. The van der Waals surface area contributed by atoms with Crippen molar-refractivity contribution >= 4 is 29.6 Å². The first-order valence-electron chi connectivity index (χ1n) is 8.23. The van der Waals surface area contributed by atoms with Crippen molar-refractivity contribution in [1.29, 1.82) is 0 Å². The molecule has 0 bridgehead atoms. The maximum Gasteiger partial charge on any atom is 0.328 e. The fourth-order valence-corrected chi connectivity index (χ4v) is 2.90. The SMILES string of the molecule is COC(=O)[C@@H](CC(C)C)NC(=O)COC(=O)CCSc1ccc(F)cc1. The van der Waals surface area contributed by atoms with Crippen molar-refractivity contribution in [2.24, 2.45) is 5.92 Å². The number of carbonyl (C=O) groups excluding carboxylic acids is 3. The average Bonchev–Trinajstić information content (AvgIpc) is 2.60. The number of methoxy groups -OCH3 is 1. The zero-order chi connectivity index (χ0) is 19.5. The molecule has 1 rings (SSSR count). The van der Waals surface area contributed by atoms with E-state index in [4.69, 9.17) is 4.74 Å². The Kier molecular flexibility index (Phi) is 9.72. The molecular formula is C18H24FNO5S. The Bertz CT molecular complexity index is 606. The molecule has 144 valence electrons. The summed E-state index contributed by atoms with van der Waals surface area (Å²) in [4.78, 5) is 36.0. The van der Waals surface area contributed by atoms with E-state index in [0.29, 0.717) is 12.2 Å². The van der Waals surface area contributed by atoms with Crippen molar-refractivity contribution in [3.63, 3.8) is 0 Å². The quantitative estimate of drug-likeness (QED) is 0.492. The second-order valence-corrected chi connectivity index (χ2v) is 7.15. The molecule has 0 spiro atoms. The summed E-state index contributed by atoms with van der Waals surface area (Å²) < 4.78 is 22.4. The second-order valence-electron chi connectivity index (χ2n) is 5.99. The predicted molar refractivity (Wildman–Crippen MR) is 96.1 cm³/mol. The van der Waals surface area contributed by atoms with Gasteiger partial charge in [0.1, 0.15) is 11.9 Å². The summed E-state index contributed by atoms with van der Waals surface area (Å²) in [5.74, 6) is -1.29. The van der Waals surface area contributed by atoms with E-state index >= 15 is 0 Å². The molecule has 0 aliphatic carbocycles. The minimum atomic E-state index is -0.764. The van der Waals surface area contributed by atoms with Gasteiger partial charge < -0.3 is 14.8 Å². The van der Waals surface area contributed by atoms with Crippen molar-refractivity contribution in [1.82, 2.24) is 5.32 Å². The van der Waals surface area contributed by atoms with Crippen molar-refractivity contribution in [2.75, 3.05) is 19.5 Å². The second kappa shape index (κ2) is 11.5. The van der Waals surface area contributed by atoms with Crippen LogP contribution in [-0.2, 0) is 23.9 Å². The van der Waals surface area contributed by atoms with E-state index in [1.165, 1.54) is 31.0 Å². The van der Waals surface area contributed by atoms with Crippen LogP contribution in [0.4, 0.5) is 4.39 Å². The summed E-state index contributed by atoms with van der Waals surface area (Å²) in [6.07, 6.45) is 0.544. The highest BCUT2D eigenvalue weighted by atomic mass is 32.2. The molecule has 0 heterocycles. The van der Waals surface area contributed by atoms with E-state index in [1.54, 1.807) is 12.1 Å². The molecule has 0 fully saturated rings. The van der Waals surface area contributed by atoms with Crippen LogP contribution >= 0.6 is 11.8 Å². The minimum Gasteiger partial charge on any atom is -0.467 e. The molecule has 0 radical (unpaired) electrons. The van der Waals surface area contributed by atoms with E-state index in [-0.39, 0.29) is 18.2 Å². The van der Waals surface area contributed by atoms with Crippen LogP contribution in [0.5, 0.6) is 0 Å². The number of amides is 1. The lowest BCUT2D eigenvalue weighted by molar-refractivity contribution is -0.150. The fourth-order valence-electron chi connectivity index (χ4n) is 2.06. The number of ether oxygens (including phenoxy) is 2. The number of carbonyl (C=O) groups is 3. The minimum absolute atomic E-state index is 0.113. The first-order valence-corrected chi connectivity index (χ1v) is 9.21. The summed E-state index contributed by atoms with van der Waals surface area (Å²) in [5.41, 5.74) is 0. The summed E-state index contributed by atoms with van der Waals surface area (Å²) in [7, 11) is 1.25. The number of rotatable bonds is 10. The molecule has 1 atom stereocenters. The third kappa shape index (κ3) is 8.84. The van der Waals surface area contributed by atoms with E-state index in [0.717, 1.165) is 4.90 Å². The molecule has 0 aliphatic heterocycles. The van der Waals surface area contributed by atoms with Gasteiger partial charge in [0.15, 0.2) is 6.61 Å². The average molecular weight is 385 g/mol. The molecule has 1 aromatic rings. The Morgan fingerprint density at radius 3 is 2.42 bits per heavy atom. The number of benzene rings is 1. The van der Waals surface area contributed by atoms with Crippen molar-refractivity contribution in [3.8, 4) is 0 Å². The zero-order valence-electron chi connectivity index (χ0n) is 15.1. The van der Waals surface area contributed by atoms with Crippen LogP contribution in [0, 0.1) is 11.7 Å². The van der Waals surface area contributed by atoms with Crippen LogP contribution < -0.4 is 5.32 Å². The molecule has 0 aromatic heterocycles. The summed E-state index contributed by atoms with van der Waals surface area (Å²) in [6.45, 7) is 3.38. The van der Waals surface area contributed by atoms with E-state index in [9.17, 15) is 18.8 Å². The molecule has 26 heavy (non-hydrogen) atoms. The lowest BCUT2D eigenvalue weighted by Gasteiger charge is -2.18. The van der Waals surface area contributed by atoms with Crippen LogP contribution in [-0.4, -0.2) is 43.4 Å². The van der Waals surface area contributed by atoms with E-state index in [2.05, 4.69) is 10.1 Å². The zero-order valence-corrected chi connectivity index (χ0v) is 15.9. The normalized spacial score (nSPS) is 11.7. The highest BCUT2D eigenvalue weighted by Crippen LogP contribution is 2.18.